The molecule has 0 radical (unpaired) electrons. The highest BCUT2D eigenvalue weighted by molar-refractivity contribution is 4.99. The van der Waals surface area contributed by atoms with Gasteiger partial charge in [0, 0.05) is 13.1 Å². The maximum Gasteiger partial charge on any atom is 0.207 e. The lowest BCUT2D eigenvalue weighted by Crippen LogP contribution is -2.49. The molecule has 1 aromatic rings. The molecule has 2 heterocycles. The van der Waals surface area contributed by atoms with Crippen LogP contribution in [0.15, 0.2) is 0 Å². The minimum atomic E-state index is -0.425. The van der Waals surface area contributed by atoms with E-state index in [1.165, 1.54) is 32.1 Å². The first kappa shape index (κ1) is 14.9. The van der Waals surface area contributed by atoms with Crippen LogP contribution in [-0.2, 0) is 10.3 Å². The molecule has 2 fully saturated rings. The molecule has 1 saturated carbocycles. The lowest BCUT2D eigenvalue weighted by atomic mass is 9.81. The van der Waals surface area contributed by atoms with Gasteiger partial charge in [0.2, 0.25) is 5.82 Å². The van der Waals surface area contributed by atoms with Gasteiger partial charge in [0.15, 0.2) is 0 Å². The van der Waals surface area contributed by atoms with Gasteiger partial charge in [-0.25, -0.2) is 0 Å². The minimum Gasteiger partial charge on any atom is -0.364 e. The summed E-state index contributed by atoms with van der Waals surface area (Å²) >= 11 is 0. The van der Waals surface area contributed by atoms with Crippen molar-refractivity contribution in [3.8, 4) is 0 Å². The van der Waals surface area contributed by atoms with E-state index in [1.54, 1.807) is 0 Å². The Hall–Kier alpha value is -1.01. The SMILES string of the molecule is CC1CCCC(CCN2CCOC(C)(c3nn[nH]n3)C2)C1. The van der Waals surface area contributed by atoms with Gasteiger partial charge in [-0.2, -0.15) is 5.21 Å². The Labute approximate surface area is 126 Å². The van der Waals surface area contributed by atoms with Crippen LogP contribution in [0.25, 0.3) is 0 Å². The van der Waals surface area contributed by atoms with E-state index in [1.807, 2.05) is 0 Å². The Morgan fingerprint density at radius 3 is 3.10 bits per heavy atom. The maximum absolute atomic E-state index is 5.92. The summed E-state index contributed by atoms with van der Waals surface area (Å²) in [6, 6.07) is 0. The van der Waals surface area contributed by atoms with Gasteiger partial charge in [-0.05, 0) is 38.1 Å². The maximum atomic E-state index is 5.92. The molecule has 118 valence electrons. The Morgan fingerprint density at radius 1 is 1.43 bits per heavy atom. The normalized spacial score (nSPS) is 35.0. The molecular formula is C15H27N5O. The minimum absolute atomic E-state index is 0.425. The van der Waals surface area contributed by atoms with Crippen molar-refractivity contribution in [2.45, 2.75) is 51.6 Å². The van der Waals surface area contributed by atoms with Gasteiger partial charge >= 0.3 is 0 Å². The zero-order valence-electron chi connectivity index (χ0n) is 13.2. The number of hydrogen-bond acceptors (Lipinski definition) is 5. The number of rotatable bonds is 4. The van der Waals surface area contributed by atoms with E-state index in [9.17, 15) is 0 Å². The van der Waals surface area contributed by atoms with E-state index in [2.05, 4.69) is 39.4 Å². The summed E-state index contributed by atoms with van der Waals surface area (Å²) in [6.07, 6.45) is 6.97. The average molecular weight is 293 g/mol. The van der Waals surface area contributed by atoms with Gasteiger partial charge in [0.1, 0.15) is 5.60 Å². The van der Waals surface area contributed by atoms with Crippen LogP contribution in [0, 0.1) is 11.8 Å². The van der Waals surface area contributed by atoms with Gasteiger partial charge in [-0.1, -0.05) is 31.4 Å². The number of nitrogens with one attached hydrogen (secondary N) is 1. The van der Waals surface area contributed by atoms with Crippen LogP contribution in [0.2, 0.25) is 0 Å². The molecule has 0 aromatic carbocycles. The van der Waals surface area contributed by atoms with E-state index in [0.29, 0.717) is 5.82 Å². The number of H-pyrrole nitrogens is 1. The molecule has 2 aliphatic rings. The Kier molecular flexibility index (Phi) is 4.54. The standard InChI is InChI=1S/C15H27N5O/c1-12-4-3-5-13(10-12)6-7-20-8-9-21-15(2,11-20)14-16-18-19-17-14/h12-13H,3-11H2,1-2H3,(H,16,17,18,19). The van der Waals surface area contributed by atoms with E-state index in [0.717, 1.165) is 38.1 Å². The van der Waals surface area contributed by atoms with Crippen molar-refractivity contribution in [2.24, 2.45) is 11.8 Å². The molecule has 6 heteroatoms. The number of hydrogen-bond donors (Lipinski definition) is 1. The first-order valence-electron chi connectivity index (χ1n) is 8.26. The zero-order chi connectivity index (χ0) is 14.7. The molecule has 3 rings (SSSR count). The second kappa shape index (κ2) is 6.40. The third kappa shape index (κ3) is 3.61. The van der Waals surface area contributed by atoms with E-state index < -0.39 is 5.60 Å². The van der Waals surface area contributed by atoms with Crippen molar-refractivity contribution in [1.82, 2.24) is 25.5 Å². The van der Waals surface area contributed by atoms with Crippen LogP contribution in [0.1, 0.15) is 51.8 Å². The van der Waals surface area contributed by atoms with Gasteiger partial charge in [-0.3, -0.25) is 4.90 Å². The van der Waals surface area contributed by atoms with Crippen molar-refractivity contribution in [1.29, 1.82) is 0 Å². The molecule has 0 spiro atoms. The summed E-state index contributed by atoms with van der Waals surface area (Å²) in [6.45, 7) is 8.23. The molecule has 0 amide bonds. The van der Waals surface area contributed by atoms with Crippen molar-refractivity contribution in [3.05, 3.63) is 5.82 Å². The summed E-state index contributed by atoms with van der Waals surface area (Å²) in [7, 11) is 0. The number of nitrogens with zero attached hydrogens (tertiary/aromatic N) is 4. The van der Waals surface area contributed by atoms with Gasteiger partial charge in [0.05, 0.1) is 6.61 Å². The van der Waals surface area contributed by atoms with Crippen LogP contribution in [0.3, 0.4) is 0 Å². The number of tetrazole rings is 1. The van der Waals surface area contributed by atoms with Crippen LogP contribution >= 0.6 is 0 Å². The zero-order valence-corrected chi connectivity index (χ0v) is 13.2. The predicted octanol–water partition coefficient (Wildman–Crippen LogP) is 1.96. The summed E-state index contributed by atoms with van der Waals surface area (Å²) in [4.78, 5) is 2.50. The van der Waals surface area contributed by atoms with Crippen LogP contribution < -0.4 is 0 Å². The molecule has 3 unspecified atom stereocenters. The molecule has 1 saturated heterocycles. The van der Waals surface area contributed by atoms with Crippen molar-refractivity contribution < 1.29 is 4.74 Å². The Morgan fingerprint density at radius 2 is 2.33 bits per heavy atom. The highest BCUT2D eigenvalue weighted by Gasteiger charge is 2.37. The fourth-order valence-electron chi connectivity index (χ4n) is 3.85. The van der Waals surface area contributed by atoms with E-state index >= 15 is 0 Å². The Balaban J connectivity index is 1.52. The lowest BCUT2D eigenvalue weighted by molar-refractivity contribution is -0.109. The average Bonchev–Trinajstić information content (AvgIpc) is 3.00. The molecule has 1 aromatic heterocycles. The first-order chi connectivity index (χ1) is 10.2. The molecular weight excluding hydrogens is 266 g/mol. The highest BCUT2D eigenvalue weighted by Crippen LogP contribution is 2.32. The number of aromatic amines is 1. The smallest absolute Gasteiger partial charge is 0.207 e. The summed E-state index contributed by atoms with van der Waals surface area (Å²) < 4.78 is 5.92. The summed E-state index contributed by atoms with van der Waals surface area (Å²) in [5, 5.41) is 14.4. The second-order valence-electron chi connectivity index (χ2n) is 7.02. The quantitative estimate of drug-likeness (QED) is 0.919. The van der Waals surface area contributed by atoms with Crippen LogP contribution in [0.4, 0.5) is 0 Å². The van der Waals surface area contributed by atoms with Gasteiger partial charge in [-0.15, -0.1) is 10.2 Å². The van der Waals surface area contributed by atoms with Gasteiger partial charge < -0.3 is 4.74 Å². The van der Waals surface area contributed by atoms with Crippen molar-refractivity contribution in [2.75, 3.05) is 26.2 Å². The van der Waals surface area contributed by atoms with Crippen molar-refractivity contribution >= 4 is 0 Å². The molecule has 21 heavy (non-hydrogen) atoms. The van der Waals surface area contributed by atoms with Crippen molar-refractivity contribution in [3.63, 3.8) is 0 Å². The molecule has 3 atom stereocenters. The second-order valence-corrected chi connectivity index (χ2v) is 7.02. The topological polar surface area (TPSA) is 66.9 Å². The molecule has 1 aliphatic heterocycles. The predicted molar refractivity (Wildman–Crippen MR) is 79.7 cm³/mol. The fraction of sp³-hybridized carbons (Fsp3) is 0.933. The summed E-state index contributed by atoms with van der Waals surface area (Å²) in [5.41, 5.74) is -0.425. The number of ether oxygens (including phenoxy) is 1. The number of aromatic nitrogens is 4. The van der Waals surface area contributed by atoms with Crippen LogP contribution in [0.5, 0.6) is 0 Å². The van der Waals surface area contributed by atoms with Crippen LogP contribution in [-0.4, -0.2) is 51.8 Å². The highest BCUT2D eigenvalue weighted by atomic mass is 16.5. The third-order valence-electron chi connectivity index (χ3n) is 5.07. The van der Waals surface area contributed by atoms with E-state index in [4.69, 9.17) is 4.74 Å². The number of morpholine rings is 1. The molecule has 6 nitrogen and oxygen atoms in total. The third-order valence-corrected chi connectivity index (χ3v) is 5.07. The fourth-order valence-corrected chi connectivity index (χ4v) is 3.85. The lowest BCUT2D eigenvalue weighted by Gasteiger charge is -2.39. The Bertz CT molecular complexity index is 437. The molecule has 1 N–H and O–H groups in total. The molecule has 0 bridgehead atoms. The molecule has 1 aliphatic carbocycles. The largest absolute Gasteiger partial charge is 0.364 e. The first-order valence-corrected chi connectivity index (χ1v) is 8.26. The van der Waals surface area contributed by atoms with E-state index in [-0.39, 0.29) is 0 Å². The van der Waals surface area contributed by atoms with Gasteiger partial charge in [0.25, 0.3) is 0 Å². The monoisotopic (exact) mass is 293 g/mol. The summed E-state index contributed by atoms with van der Waals surface area (Å²) in [5.74, 6) is 2.49.